The van der Waals surface area contributed by atoms with Crippen LogP contribution in [0.3, 0.4) is 0 Å². The average Bonchev–Trinajstić information content (AvgIpc) is 2.86. The molecule has 0 atom stereocenters. The van der Waals surface area contributed by atoms with Crippen LogP contribution in [-0.4, -0.2) is 20.7 Å². The first kappa shape index (κ1) is 13.4. The highest BCUT2D eigenvalue weighted by Gasteiger charge is 2.18. The summed E-state index contributed by atoms with van der Waals surface area (Å²) in [5, 5.41) is 14.9. The number of aromatic nitrogens is 2. The molecule has 1 heterocycles. The first-order chi connectivity index (χ1) is 10.2. The van der Waals surface area contributed by atoms with Crippen molar-refractivity contribution in [3.8, 4) is 5.75 Å². The van der Waals surface area contributed by atoms with E-state index >= 15 is 0 Å². The maximum Gasteiger partial charge on any atom is 0.214 e. The third-order valence-electron chi connectivity index (χ3n) is 3.42. The number of carbonyl (C=O) groups is 1. The first-order valence-electron chi connectivity index (χ1n) is 7.00. The molecule has 4 nitrogen and oxygen atoms in total. The number of fused-ring (bicyclic) bond motifs is 1. The van der Waals surface area contributed by atoms with Gasteiger partial charge in [-0.1, -0.05) is 37.3 Å². The minimum absolute atomic E-state index is 0.0816. The molecule has 0 unspecified atom stereocenters. The molecule has 0 saturated heterocycles. The molecule has 0 bridgehead atoms. The lowest BCUT2D eigenvalue weighted by atomic mass is 10.1. The Balaban J connectivity index is 2.14. The molecule has 0 aliphatic rings. The minimum Gasteiger partial charge on any atom is -0.508 e. The van der Waals surface area contributed by atoms with Crippen LogP contribution in [0.1, 0.15) is 29.4 Å². The molecule has 0 aliphatic carbocycles. The minimum atomic E-state index is -0.169. The summed E-state index contributed by atoms with van der Waals surface area (Å²) < 4.78 is 1.87. The zero-order valence-corrected chi connectivity index (χ0v) is 11.8. The highest BCUT2D eigenvalue weighted by molar-refractivity contribution is 6.15. The van der Waals surface area contributed by atoms with E-state index in [2.05, 4.69) is 12.0 Å². The number of aryl methyl sites for hydroxylation is 1. The van der Waals surface area contributed by atoms with Gasteiger partial charge in [-0.25, -0.2) is 0 Å². The van der Waals surface area contributed by atoms with Crippen LogP contribution >= 0.6 is 0 Å². The van der Waals surface area contributed by atoms with Gasteiger partial charge in [-0.2, -0.15) is 5.10 Å². The van der Waals surface area contributed by atoms with Crippen LogP contribution < -0.4 is 0 Å². The van der Waals surface area contributed by atoms with Crippen LogP contribution in [0.2, 0.25) is 0 Å². The lowest BCUT2D eigenvalue weighted by Gasteiger charge is -1.99. The van der Waals surface area contributed by atoms with E-state index in [0.717, 1.165) is 23.9 Å². The molecule has 0 spiro atoms. The highest BCUT2D eigenvalue weighted by atomic mass is 16.3. The molecule has 0 amide bonds. The number of nitrogens with zero attached hydrogens (tertiary/aromatic N) is 2. The normalized spacial score (nSPS) is 10.9. The van der Waals surface area contributed by atoms with Crippen molar-refractivity contribution in [2.75, 3.05) is 0 Å². The smallest absolute Gasteiger partial charge is 0.214 e. The molecule has 2 aromatic carbocycles. The van der Waals surface area contributed by atoms with E-state index < -0.39 is 0 Å². The zero-order valence-electron chi connectivity index (χ0n) is 11.8. The molecule has 21 heavy (non-hydrogen) atoms. The van der Waals surface area contributed by atoms with Crippen molar-refractivity contribution in [1.29, 1.82) is 0 Å². The summed E-state index contributed by atoms with van der Waals surface area (Å²) in [6.45, 7) is 2.85. The molecule has 106 valence electrons. The number of phenolic OH excluding ortho intramolecular Hbond substituents is 1. The van der Waals surface area contributed by atoms with Gasteiger partial charge in [0.15, 0.2) is 0 Å². The largest absolute Gasteiger partial charge is 0.508 e. The maximum atomic E-state index is 12.6. The molecule has 4 heteroatoms. The summed E-state index contributed by atoms with van der Waals surface area (Å²) in [4.78, 5) is 12.6. The van der Waals surface area contributed by atoms with Crippen molar-refractivity contribution in [3.05, 3.63) is 59.8 Å². The standard InChI is InChI=1S/C17H16N2O2/c1-2-10-19-15-9-4-3-8-14(15)16(18-19)17(21)12-6-5-7-13(20)11-12/h3-9,11,20H,2,10H2,1H3. The number of aromatic hydroxyl groups is 1. The Morgan fingerprint density at radius 2 is 2.00 bits per heavy atom. The van der Waals surface area contributed by atoms with Gasteiger partial charge in [-0.3, -0.25) is 9.48 Å². The molecule has 0 aliphatic heterocycles. The topological polar surface area (TPSA) is 55.1 Å². The van der Waals surface area contributed by atoms with Crippen LogP contribution in [-0.2, 0) is 6.54 Å². The van der Waals surface area contributed by atoms with Crippen molar-refractivity contribution in [2.45, 2.75) is 19.9 Å². The Bertz CT molecular complexity index is 805. The van der Waals surface area contributed by atoms with Crippen molar-refractivity contribution < 1.29 is 9.90 Å². The summed E-state index contributed by atoms with van der Waals surface area (Å²) in [7, 11) is 0. The van der Waals surface area contributed by atoms with Gasteiger partial charge in [0.1, 0.15) is 11.4 Å². The summed E-state index contributed by atoms with van der Waals surface area (Å²) in [6, 6.07) is 14.1. The molecular formula is C17H16N2O2. The lowest BCUT2D eigenvalue weighted by molar-refractivity contribution is 0.103. The van der Waals surface area contributed by atoms with Gasteiger partial charge in [0, 0.05) is 17.5 Å². The lowest BCUT2D eigenvalue weighted by Crippen LogP contribution is -2.05. The van der Waals surface area contributed by atoms with E-state index in [1.165, 1.54) is 6.07 Å². The Morgan fingerprint density at radius 1 is 1.19 bits per heavy atom. The van der Waals surface area contributed by atoms with Crippen LogP contribution in [0.25, 0.3) is 10.9 Å². The number of rotatable bonds is 4. The fraction of sp³-hybridized carbons (Fsp3) is 0.176. The second kappa shape index (κ2) is 5.40. The summed E-state index contributed by atoms with van der Waals surface area (Å²) in [5.41, 5.74) is 1.84. The Kier molecular flexibility index (Phi) is 3.44. The number of ketones is 1. The molecule has 0 fully saturated rings. The maximum absolute atomic E-state index is 12.6. The quantitative estimate of drug-likeness (QED) is 0.745. The number of hydrogen-bond acceptors (Lipinski definition) is 3. The van der Waals surface area contributed by atoms with E-state index in [4.69, 9.17) is 0 Å². The molecule has 3 aromatic rings. The number of phenols is 1. The molecule has 1 aromatic heterocycles. The fourth-order valence-electron chi connectivity index (χ4n) is 2.46. The fourth-order valence-corrected chi connectivity index (χ4v) is 2.46. The van der Waals surface area contributed by atoms with Crippen LogP contribution in [0.4, 0.5) is 0 Å². The third kappa shape index (κ3) is 2.40. The van der Waals surface area contributed by atoms with E-state index in [1.54, 1.807) is 18.2 Å². The number of carbonyl (C=O) groups excluding carboxylic acids is 1. The van der Waals surface area contributed by atoms with Crippen LogP contribution in [0, 0.1) is 0 Å². The van der Waals surface area contributed by atoms with Gasteiger partial charge >= 0.3 is 0 Å². The van der Waals surface area contributed by atoms with E-state index in [9.17, 15) is 9.90 Å². The van der Waals surface area contributed by atoms with Crippen molar-refractivity contribution in [1.82, 2.24) is 9.78 Å². The summed E-state index contributed by atoms with van der Waals surface area (Å²) in [6.07, 6.45) is 0.950. The van der Waals surface area contributed by atoms with Crippen molar-refractivity contribution in [2.24, 2.45) is 0 Å². The zero-order chi connectivity index (χ0) is 14.8. The average molecular weight is 280 g/mol. The Labute approximate surface area is 122 Å². The van der Waals surface area contributed by atoms with Gasteiger partial charge in [-0.15, -0.1) is 0 Å². The van der Waals surface area contributed by atoms with Crippen molar-refractivity contribution in [3.63, 3.8) is 0 Å². The highest BCUT2D eigenvalue weighted by Crippen LogP contribution is 2.22. The first-order valence-corrected chi connectivity index (χ1v) is 7.00. The Morgan fingerprint density at radius 3 is 2.76 bits per heavy atom. The van der Waals surface area contributed by atoms with E-state index in [-0.39, 0.29) is 11.5 Å². The van der Waals surface area contributed by atoms with Crippen molar-refractivity contribution >= 4 is 16.7 Å². The van der Waals surface area contributed by atoms with Gasteiger partial charge in [0.2, 0.25) is 5.78 Å². The predicted octanol–water partition coefficient (Wildman–Crippen LogP) is 3.38. The molecule has 3 rings (SSSR count). The molecule has 1 N–H and O–H groups in total. The van der Waals surface area contributed by atoms with E-state index in [1.807, 2.05) is 28.9 Å². The second-order valence-electron chi connectivity index (χ2n) is 4.97. The van der Waals surface area contributed by atoms with Gasteiger partial charge < -0.3 is 5.11 Å². The second-order valence-corrected chi connectivity index (χ2v) is 4.97. The summed E-state index contributed by atoms with van der Waals surface area (Å²) >= 11 is 0. The third-order valence-corrected chi connectivity index (χ3v) is 3.42. The van der Waals surface area contributed by atoms with Gasteiger partial charge in [0.05, 0.1) is 5.52 Å². The van der Waals surface area contributed by atoms with Crippen LogP contribution in [0.15, 0.2) is 48.5 Å². The molecular weight excluding hydrogens is 264 g/mol. The van der Waals surface area contributed by atoms with Gasteiger partial charge in [-0.05, 0) is 24.6 Å². The summed E-state index contributed by atoms with van der Waals surface area (Å²) in [5.74, 6) is -0.0879. The molecule has 0 radical (unpaired) electrons. The predicted molar refractivity (Wildman–Crippen MR) is 81.6 cm³/mol. The van der Waals surface area contributed by atoms with Gasteiger partial charge in [0.25, 0.3) is 0 Å². The molecule has 0 saturated carbocycles. The number of benzene rings is 2. The number of hydrogen-bond donors (Lipinski definition) is 1. The number of para-hydroxylation sites is 1. The monoisotopic (exact) mass is 280 g/mol. The Hall–Kier alpha value is -2.62. The van der Waals surface area contributed by atoms with Crippen LogP contribution in [0.5, 0.6) is 5.75 Å². The SMILES string of the molecule is CCCn1nc(C(=O)c2cccc(O)c2)c2ccccc21. The van der Waals surface area contributed by atoms with E-state index in [0.29, 0.717) is 11.3 Å².